The van der Waals surface area contributed by atoms with Gasteiger partial charge in [0.1, 0.15) is 6.10 Å². The smallest absolute Gasteiger partial charge is 0.309 e. The number of allylic oxidation sites excluding steroid dienone is 1. The fraction of sp³-hybridized carbons (Fsp3) is 0.909. The highest BCUT2D eigenvalue weighted by Crippen LogP contribution is 2.40. The van der Waals surface area contributed by atoms with Crippen molar-refractivity contribution in [3.8, 4) is 0 Å². The van der Waals surface area contributed by atoms with E-state index < -0.39 is 0 Å². The minimum Gasteiger partial charge on any atom is -0.462 e. The van der Waals surface area contributed by atoms with E-state index in [1.54, 1.807) is 0 Å². The Bertz CT molecular complexity index is 656. The van der Waals surface area contributed by atoms with Gasteiger partial charge in [0.05, 0.1) is 18.1 Å². The van der Waals surface area contributed by atoms with Crippen LogP contribution in [0.2, 0.25) is 0 Å². The van der Waals surface area contributed by atoms with Gasteiger partial charge in [-0.15, -0.1) is 0 Å². The van der Waals surface area contributed by atoms with Gasteiger partial charge in [-0.25, -0.2) is 0 Å². The monoisotopic (exact) mass is 516 g/mol. The van der Waals surface area contributed by atoms with Crippen LogP contribution in [0.25, 0.3) is 0 Å². The van der Waals surface area contributed by atoms with E-state index >= 15 is 0 Å². The molecule has 0 aromatic heterocycles. The Hall–Kier alpha value is -0.870. The summed E-state index contributed by atoms with van der Waals surface area (Å²) in [6.45, 7) is 8.28. The van der Waals surface area contributed by atoms with Crippen LogP contribution in [0.15, 0.2) is 12.2 Å². The molecule has 0 aromatic rings. The van der Waals surface area contributed by atoms with Gasteiger partial charge in [-0.3, -0.25) is 4.79 Å². The van der Waals surface area contributed by atoms with Crippen LogP contribution in [0.1, 0.15) is 135 Å². The average molecular weight is 517 g/mol. The summed E-state index contributed by atoms with van der Waals surface area (Å²) in [4.78, 5) is 12.5. The molecule has 4 rings (SSSR count). The fourth-order valence-corrected chi connectivity index (χ4v) is 7.38. The third-order valence-corrected chi connectivity index (χ3v) is 10.1. The predicted octanol–water partition coefficient (Wildman–Crippen LogP) is 8.57. The molecule has 212 valence electrons. The van der Waals surface area contributed by atoms with Gasteiger partial charge < -0.3 is 14.2 Å². The average Bonchev–Trinajstić information content (AvgIpc) is 2.92. The van der Waals surface area contributed by atoms with Crippen molar-refractivity contribution >= 4 is 5.97 Å². The van der Waals surface area contributed by atoms with Gasteiger partial charge in [0.2, 0.25) is 0 Å². The highest BCUT2D eigenvalue weighted by Gasteiger charge is 2.31. The first kappa shape index (κ1) is 29.1. The van der Waals surface area contributed by atoms with Gasteiger partial charge >= 0.3 is 5.97 Å². The van der Waals surface area contributed by atoms with Crippen molar-refractivity contribution in [1.82, 2.24) is 0 Å². The fourth-order valence-electron chi connectivity index (χ4n) is 7.38. The van der Waals surface area contributed by atoms with Crippen molar-refractivity contribution in [2.75, 3.05) is 13.2 Å². The molecule has 4 fully saturated rings. The molecule has 0 atom stereocenters. The van der Waals surface area contributed by atoms with Gasteiger partial charge in [-0.1, -0.05) is 44.8 Å². The minimum absolute atomic E-state index is 0.0302. The largest absolute Gasteiger partial charge is 0.462 e. The maximum atomic E-state index is 12.5. The third kappa shape index (κ3) is 9.99. The summed E-state index contributed by atoms with van der Waals surface area (Å²) in [6, 6.07) is 0. The van der Waals surface area contributed by atoms with Crippen LogP contribution in [0.5, 0.6) is 0 Å². The predicted molar refractivity (Wildman–Crippen MR) is 150 cm³/mol. The molecule has 4 heteroatoms. The van der Waals surface area contributed by atoms with Crippen LogP contribution in [0.4, 0.5) is 0 Å². The molecule has 4 saturated carbocycles. The lowest BCUT2D eigenvalue weighted by Gasteiger charge is -2.37. The van der Waals surface area contributed by atoms with E-state index in [0.29, 0.717) is 12.2 Å². The summed E-state index contributed by atoms with van der Waals surface area (Å²) in [5, 5.41) is 0. The molecule has 4 nitrogen and oxygen atoms in total. The molecule has 0 aromatic carbocycles. The first-order chi connectivity index (χ1) is 18.1. The lowest BCUT2D eigenvalue weighted by molar-refractivity contribution is -0.157. The summed E-state index contributed by atoms with van der Waals surface area (Å²) < 4.78 is 18.2. The van der Waals surface area contributed by atoms with Crippen molar-refractivity contribution in [2.45, 2.75) is 154 Å². The second-order valence-corrected chi connectivity index (χ2v) is 13.1. The van der Waals surface area contributed by atoms with Crippen molar-refractivity contribution < 1.29 is 19.0 Å². The normalized spacial score (nSPS) is 33.8. The Kier molecular flexibility index (Phi) is 12.3. The SMILES string of the molecule is C=C1CCC(C(=O)OC2CCC(OCCCCCCOC3CCC(C4CCC(C)CC4)CC3)CC2)CC1. The number of ether oxygens (including phenoxy) is 3. The van der Waals surface area contributed by atoms with Crippen LogP contribution < -0.4 is 0 Å². The topological polar surface area (TPSA) is 44.8 Å². The maximum absolute atomic E-state index is 12.5. The third-order valence-electron chi connectivity index (χ3n) is 10.1. The van der Waals surface area contributed by atoms with Gasteiger partial charge in [0, 0.05) is 13.2 Å². The van der Waals surface area contributed by atoms with E-state index in [0.717, 1.165) is 88.8 Å². The van der Waals surface area contributed by atoms with E-state index in [1.165, 1.54) is 76.2 Å². The standard InChI is InChI=1S/C33H56O4/c1-25-7-11-27(12-8-25)28-15-17-30(18-16-28)35-23-5-3-4-6-24-36-31-19-21-32(22-20-31)37-33(34)29-13-9-26(2)10-14-29/h25,27-32H,2-24H2,1H3. The highest BCUT2D eigenvalue weighted by atomic mass is 16.5. The molecule has 0 unspecified atom stereocenters. The van der Waals surface area contributed by atoms with Crippen molar-refractivity contribution in [3.05, 3.63) is 12.2 Å². The van der Waals surface area contributed by atoms with Crippen molar-refractivity contribution in [2.24, 2.45) is 23.7 Å². The number of unbranched alkanes of at least 4 members (excludes halogenated alkanes) is 3. The second kappa shape index (κ2) is 15.7. The van der Waals surface area contributed by atoms with Crippen LogP contribution in [-0.2, 0) is 19.0 Å². The molecule has 0 heterocycles. The minimum atomic E-state index is 0.0302. The van der Waals surface area contributed by atoms with Crippen LogP contribution in [0, 0.1) is 23.7 Å². The summed E-state index contributed by atoms with van der Waals surface area (Å²) in [6.07, 6.45) is 24.8. The summed E-state index contributed by atoms with van der Waals surface area (Å²) in [7, 11) is 0. The molecule has 0 bridgehead atoms. The lowest BCUT2D eigenvalue weighted by Crippen LogP contribution is -2.31. The van der Waals surface area contributed by atoms with Crippen LogP contribution in [-0.4, -0.2) is 37.5 Å². The van der Waals surface area contributed by atoms with E-state index in [9.17, 15) is 4.79 Å². The Morgan fingerprint density at radius 2 is 1.11 bits per heavy atom. The molecule has 37 heavy (non-hydrogen) atoms. The zero-order chi connectivity index (χ0) is 25.9. The Morgan fingerprint density at radius 3 is 1.65 bits per heavy atom. The Labute approximate surface area is 227 Å². The number of rotatable bonds is 12. The molecular formula is C33H56O4. The molecule has 0 N–H and O–H groups in total. The van der Waals surface area contributed by atoms with E-state index in [-0.39, 0.29) is 18.0 Å². The zero-order valence-corrected chi connectivity index (χ0v) is 23.9. The van der Waals surface area contributed by atoms with Gasteiger partial charge in [0.25, 0.3) is 0 Å². The number of carbonyl (C=O) groups excluding carboxylic acids is 1. The second-order valence-electron chi connectivity index (χ2n) is 13.1. The van der Waals surface area contributed by atoms with E-state index in [4.69, 9.17) is 14.2 Å². The molecule has 4 aliphatic rings. The highest BCUT2D eigenvalue weighted by molar-refractivity contribution is 5.72. The molecule has 0 aliphatic heterocycles. The maximum Gasteiger partial charge on any atom is 0.309 e. The molecule has 0 radical (unpaired) electrons. The summed E-state index contributed by atoms with van der Waals surface area (Å²) in [5.74, 6) is 3.09. The summed E-state index contributed by atoms with van der Waals surface area (Å²) in [5.41, 5.74) is 1.28. The number of hydrogen-bond donors (Lipinski definition) is 0. The Balaban J connectivity index is 0.939. The molecule has 4 aliphatic carbocycles. The summed E-state index contributed by atoms with van der Waals surface area (Å²) >= 11 is 0. The quantitative estimate of drug-likeness (QED) is 0.148. The van der Waals surface area contributed by atoms with E-state index in [1.807, 2.05) is 0 Å². The zero-order valence-electron chi connectivity index (χ0n) is 23.9. The molecule has 0 amide bonds. The number of hydrogen-bond acceptors (Lipinski definition) is 4. The molecule has 0 spiro atoms. The van der Waals surface area contributed by atoms with Crippen LogP contribution in [0.3, 0.4) is 0 Å². The molecule has 0 saturated heterocycles. The number of esters is 1. The van der Waals surface area contributed by atoms with Crippen molar-refractivity contribution in [1.29, 1.82) is 0 Å². The number of carbonyl (C=O) groups is 1. The van der Waals surface area contributed by atoms with Gasteiger partial charge in [-0.05, 0) is 120 Å². The van der Waals surface area contributed by atoms with Gasteiger partial charge in [0.15, 0.2) is 0 Å². The van der Waals surface area contributed by atoms with Crippen molar-refractivity contribution in [3.63, 3.8) is 0 Å². The van der Waals surface area contributed by atoms with E-state index in [2.05, 4.69) is 13.5 Å². The van der Waals surface area contributed by atoms with Gasteiger partial charge in [-0.2, -0.15) is 0 Å². The Morgan fingerprint density at radius 1 is 0.649 bits per heavy atom. The first-order valence-corrected chi connectivity index (χ1v) is 16.2. The molecular weight excluding hydrogens is 460 g/mol. The van der Waals surface area contributed by atoms with Crippen LogP contribution >= 0.6 is 0 Å². The first-order valence-electron chi connectivity index (χ1n) is 16.2. The lowest BCUT2D eigenvalue weighted by atomic mass is 9.71.